The summed E-state index contributed by atoms with van der Waals surface area (Å²) in [6.07, 6.45) is 10.8. The largest absolute Gasteiger partial charge is 0.416 e. The molecule has 1 rings (SSSR count). The molecule has 0 aromatic heterocycles. The molecule has 0 aromatic carbocycles. The molecule has 122 valence electrons. The maximum absolute atomic E-state index is 10.3. The topological polar surface area (TPSA) is 29.5 Å². The third-order valence-corrected chi connectivity index (χ3v) is 9.43. The fourth-order valence-corrected chi connectivity index (χ4v) is 3.19. The zero-order valence-corrected chi connectivity index (χ0v) is 15.8. The second-order valence-electron chi connectivity index (χ2n) is 7.92. The Hall–Kier alpha value is -0.383. The summed E-state index contributed by atoms with van der Waals surface area (Å²) in [7, 11) is -1.72. The Morgan fingerprint density at radius 1 is 1.33 bits per heavy atom. The molecule has 1 N–H and O–H groups in total. The van der Waals surface area contributed by atoms with Gasteiger partial charge in [-0.2, -0.15) is 0 Å². The monoisotopic (exact) mass is 310 g/mol. The zero-order chi connectivity index (χ0) is 16.1. The van der Waals surface area contributed by atoms with Crippen molar-refractivity contribution in [3.63, 3.8) is 0 Å². The van der Waals surface area contributed by atoms with Gasteiger partial charge in [-0.05, 0) is 43.8 Å². The van der Waals surface area contributed by atoms with Crippen LogP contribution in [0.3, 0.4) is 0 Å². The summed E-state index contributed by atoms with van der Waals surface area (Å²) in [6, 6.07) is 0. The molecule has 2 nitrogen and oxygen atoms in total. The Morgan fingerprint density at radius 2 is 2.00 bits per heavy atom. The lowest BCUT2D eigenvalue weighted by Crippen LogP contribution is -2.42. The summed E-state index contributed by atoms with van der Waals surface area (Å²) in [4.78, 5) is 0. The van der Waals surface area contributed by atoms with Gasteiger partial charge >= 0.3 is 0 Å². The van der Waals surface area contributed by atoms with Gasteiger partial charge in [0, 0.05) is 12.5 Å². The molecular weight excluding hydrogens is 276 g/mol. The van der Waals surface area contributed by atoms with Crippen LogP contribution in [0, 0.1) is 5.92 Å². The molecule has 0 amide bonds. The van der Waals surface area contributed by atoms with Crippen LogP contribution in [0.1, 0.15) is 53.4 Å². The Morgan fingerprint density at radius 3 is 2.52 bits per heavy atom. The second kappa shape index (κ2) is 7.75. The van der Waals surface area contributed by atoms with E-state index < -0.39 is 14.4 Å². The van der Waals surface area contributed by atoms with Gasteiger partial charge in [-0.3, -0.25) is 0 Å². The van der Waals surface area contributed by atoms with Crippen LogP contribution < -0.4 is 0 Å². The summed E-state index contributed by atoms with van der Waals surface area (Å²) in [5.41, 5.74) is 1.37. The van der Waals surface area contributed by atoms with E-state index in [9.17, 15) is 5.11 Å². The van der Waals surface area contributed by atoms with E-state index in [4.69, 9.17) is 4.43 Å². The van der Waals surface area contributed by atoms with Crippen molar-refractivity contribution in [2.24, 2.45) is 5.92 Å². The molecule has 0 spiro atoms. The maximum Gasteiger partial charge on any atom is 0.191 e. The van der Waals surface area contributed by atoms with Crippen molar-refractivity contribution in [1.82, 2.24) is 0 Å². The van der Waals surface area contributed by atoms with Crippen LogP contribution in [0.25, 0.3) is 0 Å². The van der Waals surface area contributed by atoms with E-state index in [2.05, 4.69) is 52.9 Å². The molecule has 0 unspecified atom stereocenters. The maximum atomic E-state index is 10.3. The first-order valence-corrected chi connectivity index (χ1v) is 11.2. The predicted octanol–water partition coefficient (Wildman–Crippen LogP) is 5.06. The number of hydrogen-bond acceptors (Lipinski definition) is 2. The standard InChI is InChI=1S/C18H34O2Si/c1-15(14-20-21(5,6)18(2,3)4)17(19)13-12-16-10-8-7-9-11-16/h10,12-13,15,17,19H,7-9,11,14H2,1-6H3/b13-12+/t15-,17+/m1/s1. The van der Waals surface area contributed by atoms with Gasteiger partial charge in [0.25, 0.3) is 0 Å². The van der Waals surface area contributed by atoms with E-state index in [1.54, 1.807) is 0 Å². The SMILES string of the molecule is C[C@H](CO[Si](C)(C)C(C)(C)C)[C@@H](O)/C=C/C1=CCCCC1. The first kappa shape index (κ1) is 18.7. The van der Waals surface area contributed by atoms with Crippen molar-refractivity contribution >= 4 is 8.32 Å². The molecule has 0 bridgehead atoms. The van der Waals surface area contributed by atoms with Crippen LogP contribution in [0.5, 0.6) is 0 Å². The minimum atomic E-state index is -1.72. The molecule has 0 heterocycles. The summed E-state index contributed by atoms with van der Waals surface area (Å²) >= 11 is 0. The lowest BCUT2D eigenvalue weighted by atomic mass is 9.97. The minimum absolute atomic E-state index is 0.138. The van der Waals surface area contributed by atoms with E-state index in [-0.39, 0.29) is 11.0 Å². The molecule has 0 saturated carbocycles. The van der Waals surface area contributed by atoms with Crippen molar-refractivity contribution in [3.8, 4) is 0 Å². The highest BCUT2D eigenvalue weighted by Gasteiger charge is 2.37. The Bertz CT molecular complexity index is 377. The molecule has 0 aromatic rings. The Balaban J connectivity index is 2.46. The summed E-state index contributed by atoms with van der Waals surface area (Å²) < 4.78 is 6.20. The lowest BCUT2D eigenvalue weighted by Gasteiger charge is -2.37. The third kappa shape index (κ3) is 6.09. The average molecular weight is 311 g/mol. The number of allylic oxidation sites excluding steroid dienone is 3. The van der Waals surface area contributed by atoms with E-state index in [1.165, 1.54) is 24.8 Å². The van der Waals surface area contributed by atoms with E-state index >= 15 is 0 Å². The lowest BCUT2D eigenvalue weighted by molar-refractivity contribution is 0.115. The molecule has 21 heavy (non-hydrogen) atoms. The van der Waals surface area contributed by atoms with Crippen LogP contribution in [-0.4, -0.2) is 26.1 Å². The molecule has 0 radical (unpaired) electrons. The van der Waals surface area contributed by atoms with Gasteiger partial charge in [-0.15, -0.1) is 0 Å². The van der Waals surface area contributed by atoms with Gasteiger partial charge in [0.05, 0.1) is 6.10 Å². The summed E-state index contributed by atoms with van der Waals surface area (Å²) in [6.45, 7) is 14.0. The fraction of sp³-hybridized carbons (Fsp3) is 0.778. The van der Waals surface area contributed by atoms with Crippen molar-refractivity contribution < 1.29 is 9.53 Å². The quantitative estimate of drug-likeness (QED) is 0.695. The van der Waals surface area contributed by atoms with Crippen molar-refractivity contribution in [3.05, 3.63) is 23.8 Å². The third-order valence-electron chi connectivity index (χ3n) is 4.93. The highest BCUT2D eigenvalue weighted by Crippen LogP contribution is 2.36. The molecule has 1 aliphatic carbocycles. The van der Waals surface area contributed by atoms with Gasteiger partial charge in [0.2, 0.25) is 0 Å². The zero-order valence-electron chi connectivity index (χ0n) is 14.8. The second-order valence-corrected chi connectivity index (χ2v) is 12.7. The molecule has 3 heteroatoms. The average Bonchev–Trinajstić information content (AvgIpc) is 2.42. The first-order chi connectivity index (χ1) is 9.63. The van der Waals surface area contributed by atoms with Gasteiger partial charge in [-0.25, -0.2) is 0 Å². The van der Waals surface area contributed by atoms with Crippen LogP contribution in [0.4, 0.5) is 0 Å². The number of hydrogen-bond donors (Lipinski definition) is 1. The molecule has 2 atom stereocenters. The number of aliphatic hydroxyl groups is 1. The fourth-order valence-electron chi connectivity index (χ4n) is 2.08. The molecule has 1 aliphatic rings. The van der Waals surface area contributed by atoms with E-state index in [0.29, 0.717) is 6.61 Å². The summed E-state index contributed by atoms with van der Waals surface area (Å²) in [5, 5.41) is 10.5. The van der Waals surface area contributed by atoms with Crippen LogP contribution in [-0.2, 0) is 4.43 Å². The summed E-state index contributed by atoms with van der Waals surface area (Å²) in [5.74, 6) is 0.138. The van der Waals surface area contributed by atoms with Crippen LogP contribution in [0.2, 0.25) is 18.1 Å². The van der Waals surface area contributed by atoms with Crippen molar-refractivity contribution in [2.45, 2.75) is 77.6 Å². The van der Waals surface area contributed by atoms with Gasteiger partial charge in [-0.1, -0.05) is 51.5 Å². The van der Waals surface area contributed by atoms with Gasteiger partial charge in [0.15, 0.2) is 8.32 Å². The predicted molar refractivity (Wildman–Crippen MR) is 94.0 cm³/mol. The van der Waals surface area contributed by atoms with E-state index in [0.717, 1.165) is 6.42 Å². The Labute approximate surface area is 132 Å². The number of rotatable bonds is 6. The molecule has 0 saturated heterocycles. The Kier molecular flexibility index (Phi) is 6.89. The molecule has 0 aliphatic heterocycles. The van der Waals surface area contributed by atoms with E-state index in [1.807, 2.05) is 6.08 Å². The first-order valence-electron chi connectivity index (χ1n) is 8.33. The minimum Gasteiger partial charge on any atom is -0.416 e. The smallest absolute Gasteiger partial charge is 0.191 e. The van der Waals surface area contributed by atoms with Crippen molar-refractivity contribution in [2.75, 3.05) is 6.61 Å². The van der Waals surface area contributed by atoms with Gasteiger partial charge < -0.3 is 9.53 Å². The normalized spacial score (nSPS) is 20.4. The van der Waals surface area contributed by atoms with Gasteiger partial charge in [0.1, 0.15) is 0 Å². The highest BCUT2D eigenvalue weighted by atomic mass is 28.4. The van der Waals surface area contributed by atoms with Crippen LogP contribution in [0.15, 0.2) is 23.8 Å². The highest BCUT2D eigenvalue weighted by molar-refractivity contribution is 6.74. The van der Waals surface area contributed by atoms with Crippen LogP contribution >= 0.6 is 0 Å². The number of aliphatic hydroxyl groups excluding tert-OH is 1. The molecule has 0 fully saturated rings. The van der Waals surface area contributed by atoms with Crippen molar-refractivity contribution in [1.29, 1.82) is 0 Å². The molecular formula is C18H34O2Si.